The van der Waals surface area contributed by atoms with Crippen LogP contribution in [0.1, 0.15) is 12.0 Å². The maximum atomic E-state index is 13.2. The first-order valence-electron chi connectivity index (χ1n) is 4.03. The molecule has 0 saturated carbocycles. The van der Waals surface area contributed by atoms with Crippen molar-refractivity contribution in [2.45, 2.75) is 6.42 Å². The summed E-state index contributed by atoms with van der Waals surface area (Å²) in [4.78, 5) is 10.2. The van der Waals surface area contributed by atoms with Gasteiger partial charge >= 0.3 is 5.97 Å². The van der Waals surface area contributed by atoms with Crippen molar-refractivity contribution < 1.29 is 18.7 Å². The van der Waals surface area contributed by atoms with Crippen molar-refractivity contribution in [1.82, 2.24) is 0 Å². The van der Waals surface area contributed by atoms with Gasteiger partial charge in [-0.25, -0.2) is 8.78 Å². The van der Waals surface area contributed by atoms with Crippen molar-refractivity contribution in [2.24, 2.45) is 0 Å². The zero-order valence-electron chi connectivity index (χ0n) is 7.51. The molecule has 0 amide bonds. The molecule has 0 unspecified atom stereocenters. The fourth-order valence-corrected chi connectivity index (χ4v) is 1.39. The van der Waals surface area contributed by atoms with E-state index in [0.29, 0.717) is 4.47 Å². The summed E-state index contributed by atoms with van der Waals surface area (Å²) in [5.41, 5.74) is -0.237. The molecule has 80 valence electrons. The van der Waals surface area contributed by atoms with Gasteiger partial charge in [0.15, 0.2) is 0 Å². The second kappa shape index (κ2) is 5.02. The molecule has 1 N–H and O–H groups in total. The minimum absolute atomic E-state index is 0.237. The van der Waals surface area contributed by atoms with Crippen LogP contribution >= 0.6 is 15.9 Å². The Morgan fingerprint density at radius 3 is 2.40 bits per heavy atom. The first-order valence-corrected chi connectivity index (χ1v) is 4.83. The van der Waals surface area contributed by atoms with Crippen LogP contribution in [0.15, 0.2) is 22.7 Å². The third-order valence-electron chi connectivity index (χ3n) is 1.62. The molecule has 0 bridgehead atoms. The summed E-state index contributed by atoms with van der Waals surface area (Å²) in [6.45, 7) is 0. The molecule has 2 nitrogen and oxygen atoms in total. The van der Waals surface area contributed by atoms with Crippen LogP contribution in [-0.2, 0) is 4.79 Å². The van der Waals surface area contributed by atoms with Crippen molar-refractivity contribution in [2.75, 3.05) is 0 Å². The van der Waals surface area contributed by atoms with Crippen LogP contribution in [0.3, 0.4) is 0 Å². The van der Waals surface area contributed by atoms with Gasteiger partial charge in [-0.2, -0.15) is 0 Å². The molecule has 1 aromatic rings. The predicted molar refractivity (Wildman–Crippen MR) is 55.3 cm³/mol. The maximum absolute atomic E-state index is 13.2. The molecule has 0 aromatic heterocycles. The second-order valence-corrected chi connectivity index (χ2v) is 3.70. The van der Waals surface area contributed by atoms with Gasteiger partial charge < -0.3 is 5.11 Å². The minimum atomic E-state index is -1.05. The van der Waals surface area contributed by atoms with E-state index in [4.69, 9.17) is 5.11 Å². The fourth-order valence-electron chi connectivity index (χ4n) is 0.990. The third-order valence-corrected chi connectivity index (χ3v) is 2.08. The largest absolute Gasteiger partial charge is 0.481 e. The number of carboxylic acids is 1. The molecule has 0 aliphatic rings. The average Bonchev–Trinajstić information content (AvgIpc) is 2.08. The minimum Gasteiger partial charge on any atom is -0.481 e. The molecule has 1 rings (SSSR count). The Morgan fingerprint density at radius 2 is 1.93 bits per heavy atom. The summed E-state index contributed by atoms with van der Waals surface area (Å²) in [6.07, 6.45) is 2.04. The number of aliphatic carboxylic acids is 1. The molecule has 0 aliphatic carbocycles. The van der Waals surface area contributed by atoms with Crippen LogP contribution < -0.4 is 0 Å². The molecule has 5 heteroatoms. The van der Waals surface area contributed by atoms with Crippen LogP contribution in [-0.4, -0.2) is 11.1 Å². The smallest absolute Gasteiger partial charge is 0.307 e. The third kappa shape index (κ3) is 3.43. The highest BCUT2D eigenvalue weighted by Gasteiger charge is 2.07. The van der Waals surface area contributed by atoms with Crippen LogP contribution in [0.5, 0.6) is 0 Å². The van der Waals surface area contributed by atoms with E-state index in [1.807, 2.05) is 0 Å². The van der Waals surface area contributed by atoms with E-state index in [9.17, 15) is 13.6 Å². The molecular weight excluding hydrogens is 270 g/mol. The van der Waals surface area contributed by atoms with Gasteiger partial charge in [0.25, 0.3) is 0 Å². The van der Waals surface area contributed by atoms with E-state index in [1.54, 1.807) is 0 Å². The summed E-state index contributed by atoms with van der Waals surface area (Å²) in [6, 6.07) is 2.23. The highest BCUT2D eigenvalue weighted by atomic mass is 79.9. The topological polar surface area (TPSA) is 37.3 Å². The van der Waals surface area contributed by atoms with Crippen LogP contribution in [0.4, 0.5) is 8.78 Å². The maximum Gasteiger partial charge on any atom is 0.307 e. The van der Waals surface area contributed by atoms with E-state index >= 15 is 0 Å². The summed E-state index contributed by atoms with van der Waals surface area (Å²) >= 11 is 2.94. The highest BCUT2D eigenvalue weighted by molar-refractivity contribution is 9.10. The first-order chi connectivity index (χ1) is 7.00. The Bertz CT molecular complexity index is 393. The van der Waals surface area contributed by atoms with Crippen LogP contribution in [0, 0.1) is 11.6 Å². The number of carbonyl (C=O) groups is 1. The van der Waals surface area contributed by atoms with Gasteiger partial charge in [-0.3, -0.25) is 4.79 Å². The SMILES string of the molecule is O=C(O)CC=Cc1c(F)cc(Br)cc1F. The van der Waals surface area contributed by atoms with Crippen molar-refractivity contribution in [3.8, 4) is 0 Å². The van der Waals surface area contributed by atoms with E-state index in [-0.39, 0.29) is 12.0 Å². The lowest BCUT2D eigenvalue weighted by molar-refractivity contribution is -0.135. The molecule has 0 saturated heterocycles. The van der Waals surface area contributed by atoms with Gasteiger partial charge in [0.05, 0.1) is 6.42 Å². The van der Waals surface area contributed by atoms with Gasteiger partial charge in [-0.1, -0.05) is 28.1 Å². The summed E-state index contributed by atoms with van der Waals surface area (Å²) in [5, 5.41) is 8.33. The van der Waals surface area contributed by atoms with Gasteiger partial charge in [-0.05, 0) is 12.1 Å². The van der Waals surface area contributed by atoms with E-state index in [2.05, 4.69) is 15.9 Å². The fraction of sp³-hybridized carbons (Fsp3) is 0.100. The number of hydrogen-bond donors (Lipinski definition) is 1. The molecule has 15 heavy (non-hydrogen) atoms. The van der Waals surface area contributed by atoms with Crippen molar-refractivity contribution in [3.05, 3.63) is 39.9 Å². The Kier molecular flexibility index (Phi) is 3.96. The van der Waals surface area contributed by atoms with E-state index in [1.165, 1.54) is 6.08 Å². The molecule has 0 atom stereocenters. The number of rotatable bonds is 3. The number of halogens is 3. The molecule has 0 radical (unpaired) electrons. The zero-order valence-corrected chi connectivity index (χ0v) is 9.09. The number of carboxylic acid groups (broad SMARTS) is 1. The van der Waals surface area contributed by atoms with Crippen molar-refractivity contribution in [1.29, 1.82) is 0 Å². The summed E-state index contributed by atoms with van der Waals surface area (Å²) in [7, 11) is 0. The highest BCUT2D eigenvalue weighted by Crippen LogP contribution is 2.20. The number of benzene rings is 1. The van der Waals surface area contributed by atoms with Gasteiger partial charge in [0.2, 0.25) is 0 Å². The van der Waals surface area contributed by atoms with Gasteiger partial charge in [-0.15, -0.1) is 0 Å². The molecule has 0 aliphatic heterocycles. The zero-order chi connectivity index (χ0) is 11.4. The van der Waals surface area contributed by atoms with E-state index < -0.39 is 17.6 Å². The first kappa shape index (κ1) is 11.8. The van der Waals surface area contributed by atoms with Crippen molar-refractivity contribution >= 4 is 28.0 Å². The van der Waals surface area contributed by atoms with Gasteiger partial charge in [0.1, 0.15) is 11.6 Å². The van der Waals surface area contributed by atoms with Gasteiger partial charge in [0, 0.05) is 10.0 Å². The Labute approximate surface area is 93.4 Å². The summed E-state index contributed by atoms with van der Waals surface area (Å²) < 4.78 is 26.6. The monoisotopic (exact) mass is 276 g/mol. The normalized spacial score (nSPS) is 10.9. The lowest BCUT2D eigenvalue weighted by atomic mass is 10.1. The van der Waals surface area contributed by atoms with Crippen LogP contribution in [0.2, 0.25) is 0 Å². The second-order valence-electron chi connectivity index (χ2n) is 2.78. The van der Waals surface area contributed by atoms with E-state index in [0.717, 1.165) is 18.2 Å². The molecule has 0 fully saturated rings. The standard InChI is InChI=1S/C10H7BrF2O2/c11-6-4-8(12)7(9(13)5-6)2-1-3-10(14)15/h1-2,4-5H,3H2,(H,14,15). The Hall–Kier alpha value is -1.23. The lowest BCUT2D eigenvalue weighted by Gasteiger charge is -1.99. The Balaban J connectivity index is 2.94. The number of hydrogen-bond acceptors (Lipinski definition) is 1. The lowest BCUT2D eigenvalue weighted by Crippen LogP contribution is -1.92. The quantitative estimate of drug-likeness (QED) is 0.921. The van der Waals surface area contributed by atoms with Crippen molar-refractivity contribution in [3.63, 3.8) is 0 Å². The predicted octanol–water partition coefficient (Wildman–Crippen LogP) is 3.22. The molecular formula is C10H7BrF2O2. The van der Waals surface area contributed by atoms with Crippen LogP contribution in [0.25, 0.3) is 6.08 Å². The summed E-state index contributed by atoms with van der Waals surface area (Å²) in [5.74, 6) is -2.52. The molecule has 0 heterocycles. The Morgan fingerprint density at radius 1 is 1.40 bits per heavy atom. The molecule has 1 aromatic carbocycles. The molecule has 0 spiro atoms. The average molecular weight is 277 g/mol.